The second-order valence-electron chi connectivity index (χ2n) is 7.09. The van der Waals surface area contributed by atoms with Crippen LogP contribution >= 0.6 is 0 Å². The Labute approximate surface area is 175 Å². The van der Waals surface area contributed by atoms with E-state index in [4.69, 9.17) is 10.5 Å². The van der Waals surface area contributed by atoms with Crippen LogP contribution in [0.1, 0.15) is 13.3 Å². The van der Waals surface area contributed by atoms with Gasteiger partial charge in [0.25, 0.3) is 0 Å². The number of hydrogen-bond donors (Lipinski definition) is 2. The molecule has 5 nitrogen and oxygen atoms in total. The van der Waals surface area contributed by atoms with Gasteiger partial charge in [-0.3, -0.25) is 9.59 Å². The van der Waals surface area contributed by atoms with Crippen LogP contribution < -0.4 is 15.8 Å². The maximum Gasteiger partial charge on any atom is 0.188 e. The number of nitrogens with two attached hydrogens (primary N) is 1. The van der Waals surface area contributed by atoms with Crippen molar-refractivity contribution in [1.82, 2.24) is 0 Å². The number of rotatable bonds is 6. The summed E-state index contributed by atoms with van der Waals surface area (Å²) in [6.07, 6.45) is 6.89. The molecule has 0 heterocycles. The molecule has 2 aliphatic carbocycles. The average molecular weight is 398 g/mol. The first-order chi connectivity index (χ1) is 14.6. The zero-order valence-electron chi connectivity index (χ0n) is 16.6. The molecule has 150 valence electrons. The van der Waals surface area contributed by atoms with Gasteiger partial charge in [0.2, 0.25) is 0 Å². The standard InChI is InChI=1S/C25H22N2O3/c1-2-15-30-19-9-5-17(6-10-19)16-3-7-18(8-4-16)27-21-12-14-22(28)24-20(26)11-13-23(29)25(21)24/h3-14,27H,2,15,26H2,1H3. The van der Waals surface area contributed by atoms with Crippen LogP contribution in [-0.4, -0.2) is 18.2 Å². The molecule has 2 aliphatic rings. The normalized spacial score (nSPS) is 15.5. The van der Waals surface area contributed by atoms with Crippen molar-refractivity contribution in [2.75, 3.05) is 11.9 Å². The topological polar surface area (TPSA) is 81.4 Å². The summed E-state index contributed by atoms with van der Waals surface area (Å²) in [7, 11) is 0. The fraction of sp³-hybridized carbons (Fsp3) is 0.120. The van der Waals surface area contributed by atoms with Crippen LogP contribution in [0.2, 0.25) is 0 Å². The first kappa shape index (κ1) is 19.5. The number of ketones is 2. The molecular weight excluding hydrogens is 376 g/mol. The van der Waals surface area contributed by atoms with E-state index in [0.717, 1.165) is 29.0 Å². The molecule has 0 radical (unpaired) electrons. The van der Waals surface area contributed by atoms with Crippen molar-refractivity contribution in [2.45, 2.75) is 13.3 Å². The lowest BCUT2D eigenvalue weighted by molar-refractivity contribution is -0.114. The summed E-state index contributed by atoms with van der Waals surface area (Å²) >= 11 is 0. The first-order valence-electron chi connectivity index (χ1n) is 9.86. The zero-order valence-corrected chi connectivity index (χ0v) is 16.6. The van der Waals surface area contributed by atoms with Crippen LogP contribution in [0.4, 0.5) is 5.69 Å². The van der Waals surface area contributed by atoms with Crippen molar-refractivity contribution in [3.8, 4) is 16.9 Å². The third kappa shape index (κ3) is 3.82. The number of allylic oxidation sites excluding steroid dienone is 6. The van der Waals surface area contributed by atoms with Crippen LogP contribution in [0.25, 0.3) is 11.1 Å². The van der Waals surface area contributed by atoms with Gasteiger partial charge in [-0.25, -0.2) is 0 Å². The van der Waals surface area contributed by atoms with Crippen LogP contribution in [0.5, 0.6) is 5.75 Å². The number of carbonyl (C=O) groups excluding carboxylic acids is 2. The van der Waals surface area contributed by atoms with E-state index in [1.54, 1.807) is 6.08 Å². The lowest BCUT2D eigenvalue weighted by atomic mass is 9.86. The monoisotopic (exact) mass is 398 g/mol. The molecule has 0 aromatic heterocycles. The van der Waals surface area contributed by atoms with Gasteiger partial charge in [-0.15, -0.1) is 0 Å². The Bertz CT molecular complexity index is 1120. The van der Waals surface area contributed by atoms with E-state index in [0.29, 0.717) is 23.6 Å². The summed E-state index contributed by atoms with van der Waals surface area (Å²) in [5, 5.41) is 3.24. The molecule has 2 aromatic carbocycles. The summed E-state index contributed by atoms with van der Waals surface area (Å²) in [5.74, 6) is 0.370. The Hall–Kier alpha value is -3.86. The van der Waals surface area contributed by atoms with Gasteiger partial charge in [-0.1, -0.05) is 31.2 Å². The van der Waals surface area contributed by atoms with Crippen molar-refractivity contribution in [2.24, 2.45) is 5.73 Å². The van der Waals surface area contributed by atoms with Gasteiger partial charge in [-0.05, 0) is 66.1 Å². The van der Waals surface area contributed by atoms with E-state index in [2.05, 4.69) is 12.2 Å². The summed E-state index contributed by atoms with van der Waals surface area (Å²) in [4.78, 5) is 24.6. The molecule has 5 heteroatoms. The molecule has 0 bridgehead atoms. The van der Waals surface area contributed by atoms with Crippen molar-refractivity contribution in [3.63, 3.8) is 0 Å². The van der Waals surface area contributed by atoms with Crippen LogP contribution in [-0.2, 0) is 9.59 Å². The van der Waals surface area contributed by atoms with Gasteiger partial charge >= 0.3 is 0 Å². The predicted molar refractivity (Wildman–Crippen MR) is 118 cm³/mol. The van der Waals surface area contributed by atoms with E-state index < -0.39 is 0 Å². The van der Waals surface area contributed by atoms with Crippen molar-refractivity contribution >= 4 is 17.3 Å². The lowest BCUT2D eigenvalue weighted by Gasteiger charge is -2.21. The van der Waals surface area contributed by atoms with Crippen LogP contribution in [0.3, 0.4) is 0 Å². The largest absolute Gasteiger partial charge is 0.494 e. The molecule has 0 amide bonds. The molecule has 0 saturated carbocycles. The second kappa shape index (κ2) is 8.25. The number of hydrogen-bond acceptors (Lipinski definition) is 5. The van der Waals surface area contributed by atoms with Gasteiger partial charge < -0.3 is 15.8 Å². The Morgan fingerprint density at radius 2 is 1.40 bits per heavy atom. The highest BCUT2D eigenvalue weighted by atomic mass is 16.5. The average Bonchev–Trinajstić information content (AvgIpc) is 2.77. The third-order valence-corrected chi connectivity index (χ3v) is 4.94. The molecule has 0 spiro atoms. The summed E-state index contributed by atoms with van der Waals surface area (Å²) < 4.78 is 5.63. The van der Waals surface area contributed by atoms with Gasteiger partial charge in [0, 0.05) is 11.4 Å². The Balaban J connectivity index is 1.55. The number of nitrogens with one attached hydrogen (secondary N) is 1. The molecule has 4 rings (SSSR count). The second-order valence-corrected chi connectivity index (χ2v) is 7.09. The minimum Gasteiger partial charge on any atom is -0.494 e. The van der Waals surface area contributed by atoms with Crippen molar-refractivity contribution in [3.05, 3.63) is 95.4 Å². The molecule has 0 aliphatic heterocycles. The number of fused-ring (bicyclic) bond motifs is 1. The van der Waals surface area contributed by atoms with E-state index in [1.165, 1.54) is 18.2 Å². The Kier molecular flexibility index (Phi) is 5.35. The SMILES string of the molecule is CCCOc1ccc(-c2ccc(NC3=C4C(=O)C=CC(N)=C4C(=O)C=C3)cc2)cc1. The summed E-state index contributed by atoms with van der Waals surface area (Å²) in [6, 6.07) is 15.9. The van der Waals surface area contributed by atoms with Crippen molar-refractivity contribution in [1.29, 1.82) is 0 Å². The van der Waals surface area contributed by atoms with Gasteiger partial charge in [0.15, 0.2) is 11.6 Å². The highest BCUT2D eigenvalue weighted by Crippen LogP contribution is 2.30. The summed E-state index contributed by atoms with van der Waals surface area (Å²) in [5.41, 5.74) is 10.3. The molecule has 2 aromatic rings. The third-order valence-electron chi connectivity index (χ3n) is 4.94. The van der Waals surface area contributed by atoms with Crippen LogP contribution in [0, 0.1) is 0 Å². The van der Waals surface area contributed by atoms with Crippen molar-refractivity contribution < 1.29 is 14.3 Å². The molecular formula is C25H22N2O3. The quantitative estimate of drug-likeness (QED) is 0.758. The van der Waals surface area contributed by atoms with E-state index in [-0.39, 0.29) is 17.1 Å². The first-order valence-corrected chi connectivity index (χ1v) is 9.86. The number of carbonyl (C=O) groups is 2. The van der Waals surface area contributed by atoms with Crippen LogP contribution in [0.15, 0.2) is 95.4 Å². The van der Waals surface area contributed by atoms with Gasteiger partial charge in [-0.2, -0.15) is 0 Å². The molecule has 0 fully saturated rings. The Morgan fingerprint density at radius 1 is 0.800 bits per heavy atom. The maximum atomic E-state index is 12.4. The zero-order chi connectivity index (χ0) is 21.1. The highest BCUT2D eigenvalue weighted by molar-refractivity contribution is 6.23. The lowest BCUT2D eigenvalue weighted by Crippen LogP contribution is -2.24. The molecule has 0 unspecified atom stereocenters. The minimum absolute atomic E-state index is 0.235. The number of anilines is 1. The smallest absolute Gasteiger partial charge is 0.188 e. The molecule has 3 N–H and O–H groups in total. The fourth-order valence-corrected chi connectivity index (χ4v) is 3.43. The van der Waals surface area contributed by atoms with Gasteiger partial charge in [0.05, 0.1) is 23.5 Å². The van der Waals surface area contributed by atoms with E-state index in [9.17, 15) is 9.59 Å². The van der Waals surface area contributed by atoms with Gasteiger partial charge in [0.1, 0.15) is 5.75 Å². The predicted octanol–water partition coefficient (Wildman–Crippen LogP) is 4.30. The molecule has 0 atom stereocenters. The fourth-order valence-electron chi connectivity index (χ4n) is 3.43. The van der Waals surface area contributed by atoms with E-state index in [1.807, 2.05) is 48.5 Å². The van der Waals surface area contributed by atoms with E-state index >= 15 is 0 Å². The highest BCUT2D eigenvalue weighted by Gasteiger charge is 2.29. The minimum atomic E-state index is -0.257. The summed E-state index contributed by atoms with van der Waals surface area (Å²) in [6.45, 7) is 2.78. The molecule has 0 saturated heterocycles. The number of ether oxygens (including phenoxy) is 1. The number of benzene rings is 2. The molecule has 30 heavy (non-hydrogen) atoms. The maximum absolute atomic E-state index is 12.4. The Morgan fingerprint density at radius 3 is 2.07 bits per heavy atom.